The highest BCUT2D eigenvalue weighted by Crippen LogP contribution is 2.26. The van der Waals surface area contributed by atoms with E-state index in [9.17, 15) is 18.3 Å². The van der Waals surface area contributed by atoms with E-state index in [0.717, 1.165) is 12.8 Å². The van der Waals surface area contributed by atoms with Crippen LogP contribution in [0.1, 0.15) is 49.3 Å². The molecule has 0 aromatic heterocycles. The molecule has 0 heterocycles. The second-order valence-corrected chi connectivity index (χ2v) is 8.84. The Hall–Kier alpha value is -2.38. The number of carbonyl (C=O) groups excluding carboxylic acids is 1. The van der Waals surface area contributed by atoms with Gasteiger partial charge in [0, 0.05) is 12.4 Å². The van der Waals surface area contributed by atoms with Gasteiger partial charge in [-0.1, -0.05) is 42.5 Å². The first-order chi connectivity index (χ1) is 13.4. The Labute approximate surface area is 165 Å². The van der Waals surface area contributed by atoms with Crippen LogP contribution in [0.2, 0.25) is 0 Å². The molecule has 0 saturated heterocycles. The Morgan fingerprint density at radius 2 is 1.71 bits per heavy atom. The van der Waals surface area contributed by atoms with E-state index in [1.54, 1.807) is 54.6 Å². The zero-order valence-electron chi connectivity index (χ0n) is 15.5. The summed E-state index contributed by atoms with van der Waals surface area (Å²) in [6, 6.07) is 14.7. The van der Waals surface area contributed by atoms with Crippen molar-refractivity contribution in [2.24, 2.45) is 0 Å². The summed E-state index contributed by atoms with van der Waals surface area (Å²) >= 11 is 0. The number of sulfonamides is 1. The van der Waals surface area contributed by atoms with Gasteiger partial charge < -0.3 is 14.6 Å². The second-order valence-electron chi connectivity index (χ2n) is 7.08. The summed E-state index contributed by atoms with van der Waals surface area (Å²) in [5.74, 6) is -0.839. The molecule has 0 amide bonds. The Kier molecular flexibility index (Phi) is 6.70. The summed E-state index contributed by atoms with van der Waals surface area (Å²) in [5, 5.41) is 11.2. The maximum Gasteiger partial charge on any atom is 0.216 e. The first-order valence-electron chi connectivity index (χ1n) is 9.42. The summed E-state index contributed by atoms with van der Waals surface area (Å²) in [5.41, 5.74) is 1.18. The molecule has 0 bridgehead atoms. The van der Waals surface area contributed by atoms with Gasteiger partial charge in [0.1, 0.15) is 5.75 Å². The van der Waals surface area contributed by atoms with Crippen LogP contribution in [0.5, 0.6) is 5.75 Å². The lowest BCUT2D eigenvalue weighted by Crippen LogP contribution is -2.34. The molecule has 6 nitrogen and oxygen atoms in total. The standard InChI is InChI=1S/C21H25NO5S/c23-21(24)14-20(22-28(25,26)15-16-6-2-1-3-7-16)17-10-12-19(13-11-17)27-18-8-4-5-9-18/h1-3,6-7,10-13,18,20,22H,4-5,8-9,14-15H2,(H,23,24)/p-1/t20-/m0/s1. The van der Waals surface area contributed by atoms with Crippen molar-refractivity contribution in [2.75, 3.05) is 0 Å². The number of hydrogen-bond acceptors (Lipinski definition) is 5. The molecule has 3 rings (SSSR count). The molecule has 1 atom stereocenters. The van der Waals surface area contributed by atoms with Gasteiger partial charge in [0.25, 0.3) is 0 Å². The van der Waals surface area contributed by atoms with Gasteiger partial charge in [-0.2, -0.15) is 0 Å². The van der Waals surface area contributed by atoms with Gasteiger partial charge in [0.15, 0.2) is 0 Å². The van der Waals surface area contributed by atoms with Crippen molar-refractivity contribution in [2.45, 2.75) is 50.0 Å². The van der Waals surface area contributed by atoms with Crippen LogP contribution < -0.4 is 14.6 Å². The number of aliphatic carboxylic acids is 1. The number of carboxylic acid groups (broad SMARTS) is 1. The van der Waals surface area contributed by atoms with Crippen molar-refractivity contribution < 1.29 is 23.1 Å². The summed E-state index contributed by atoms with van der Waals surface area (Å²) in [6.07, 6.45) is 4.17. The van der Waals surface area contributed by atoms with E-state index in [1.807, 2.05) is 0 Å². The fourth-order valence-electron chi connectivity index (χ4n) is 3.42. The molecule has 0 aliphatic heterocycles. The second kappa shape index (κ2) is 9.21. The number of rotatable bonds is 9. The van der Waals surface area contributed by atoms with Crippen LogP contribution in [0.3, 0.4) is 0 Å². The number of carbonyl (C=O) groups is 1. The van der Waals surface area contributed by atoms with Crippen LogP contribution >= 0.6 is 0 Å². The summed E-state index contributed by atoms with van der Waals surface area (Å²) < 4.78 is 33.4. The third-order valence-electron chi connectivity index (χ3n) is 4.78. The monoisotopic (exact) mass is 402 g/mol. The van der Waals surface area contributed by atoms with Gasteiger partial charge in [-0.05, 0) is 48.9 Å². The van der Waals surface area contributed by atoms with Crippen molar-refractivity contribution in [3.05, 3.63) is 65.7 Å². The van der Waals surface area contributed by atoms with Gasteiger partial charge in [-0.25, -0.2) is 13.1 Å². The third-order valence-corrected chi connectivity index (χ3v) is 6.14. The van der Waals surface area contributed by atoms with Crippen molar-refractivity contribution in [3.8, 4) is 5.75 Å². The van der Waals surface area contributed by atoms with Crippen molar-refractivity contribution in [1.82, 2.24) is 4.72 Å². The molecule has 0 spiro atoms. The molecule has 2 aromatic carbocycles. The largest absolute Gasteiger partial charge is 0.550 e. The van der Waals surface area contributed by atoms with E-state index < -0.39 is 28.5 Å². The predicted octanol–water partition coefficient (Wildman–Crippen LogP) is 2.31. The molecule has 1 aliphatic rings. The van der Waals surface area contributed by atoms with Gasteiger partial charge in [0.2, 0.25) is 10.0 Å². The van der Waals surface area contributed by atoms with Gasteiger partial charge in [-0.3, -0.25) is 0 Å². The Morgan fingerprint density at radius 3 is 2.32 bits per heavy atom. The molecule has 1 aliphatic carbocycles. The van der Waals surface area contributed by atoms with Gasteiger partial charge >= 0.3 is 0 Å². The highest BCUT2D eigenvalue weighted by molar-refractivity contribution is 7.88. The molecule has 28 heavy (non-hydrogen) atoms. The molecule has 1 N–H and O–H groups in total. The minimum atomic E-state index is -3.73. The van der Waals surface area contributed by atoms with Crippen molar-refractivity contribution >= 4 is 16.0 Å². The maximum atomic E-state index is 12.5. The van der Waals surface area contributed by atoms with Crippen LogP contribution in [0.4, 0.5) is 0 Å². The zero-order chi connectivity index (χ0) is 20.0. The Bertz CT molecular complexity index is 875. The smallest absolute Gasteiger partial charge is 0.216 e. The predicted molar refractivity (Wildman–Crippen MR) is 104 cm³/mol. The fraction of sp³-hybridized carbons (Fsp3) is 0.381. The minimum absolute atomic E-state index is 0.217. The van der Waals surface area contributed by atoms with Crippen LogP contribution in [0.15, 0.2) is 54.6 Å². The van der Waals surface area contributed by atoms with Crippen molar-refractivity contribution in [3.63, 3.8) is 0 Å². The van der Waals surface area contributed by atoms with Gasteiger partial charge in [0.05, 0.1) is 17.9 Å². The molecule has 1 fully saturated rings. The molecule has 150 valence electrons. The average Bonchev–Trinajstić information content (AvgIpc) is 3.15. The summed E-state index contributed by atoms with van der Waals surface area (Å²) in [7, 11) is -3.73. The number of carboxylic acids is 1. The lowest BCUT2D eigenvalue weighted by molar-refractivity contribution is -0.306. The molecule has 7 heteroatoms. The van der Waals surface area contributed by atoms with E-state index in [1.165, 1.54) is 12.8 Å². The average molecular weight is 402 g/mol. The lowest BCUT2D eigenvalue weighted by Gasteiger charge is -2.21. The number of hydrogen-bond donors (Lipinski definition) is 1. The maximum absolute atomic E-state index is 12.5. The molecular formula is C21H24NO5S-. The highest BCUT2D eigenvalue weighted by atomic mass is 32.2. The van der Waals surface area contributed by atoms with E-state index in [2.05, 4.69) is 4.72 Å². The van der Waals surface area contributed by atoms with Crippen LogP contribution in [0, 0.1) is 0 Å². The number of ether oxygens (including phenoxy) is 1. The minimum Gasteiger partial charge on any atom is -0.550 e. The topological polar surface area (TPSA) is 95.5 Å². The normalized spacial score (nSPS) is 16.0. The fourth-order valence-corrected chi connectivity index (χ4v) is 4.79. The molecule has 0 radical (unpaired) electrons. The van der Waals surface area contributed by atoms with Crippen LogP contribution in [-0.2, 0) is 20.6 Å². The highest BCUT2D eigenvalue weighted by Gasteiger charge is 2.21. The lowest BCUT2D eigenvalue weighted by atomic mass is 10.0. The number of benzene rings is 2. The van der Waals surface area contributed by atoms with Crippen LogP contribution in [-0.4, -0.2) is 20.5 Å². The number of nitrogens with one attached hydrogen (secondary N) is 1. The van der Waals surface area contributed by atoms with E-state index in [0.29, 0.717) is 16.9 Å². The summed E-state index contributed by atoms with van der Waals surface area (Å²) in [4.78, 5) is 11.2. The third kappa shape index (κ3) is 6.07. The molecule has 0 unspecified atom stereocenters. The molecular weight excluding hydrogens is 378 g/mol. The molecule has 2 aromatic rings. The quantitative estimate of drug-likeness (QED) is 0.694. The zero-order valence-corrected chi connectivity index (χ0v) is 16.4. The first-order valence-corrected chi connectivity index (χ1v) is 11.1. The van der Waals surface area contributed by atoms with Gasteiger partial charge in [-0.15, -0.1) is 0 Å². The first kappa shape index (κ1) is 20.4. The SMILES string of the molecule is O=C([O-])C[C@H](NS(=O)(=O)Cc1ccccc1)c1ccc(OC2CCCC2)cc1. The van der Waals surface area contributed by atoms with Crippen molar-refractivity contribution in [1.29, 1.82) is 0 Å². The summed E-state index contributed by atoms with van der Waals surface area (Å²) in [6.45, 7) is 0. The molecule has 1 saturated carbocycles. The Balaban J connectivity index is 1.71. The van der Waals surface area contributed by atoms with Crippen LogP contribution in [0.25, 0.3) is 0 Å². The van der Waals surface area contributed by atoms with E-state index >= 15 is 0 Å². The van der Waals surface area contributed by atoms with E-state index in [-0.39, 0.29) is 11.9 Å². The Morgan fingerprint density at radius 1 is 1.07 bits per heavy atom. The van der Waals surface area contributed by atoms with E-state index in [4.69, 9.17) is 4.74 Å².